The van der Waals surface area contributed by atoms with E-state index < -0.39 is 5.54 Å². The van der Waals surface area contributed by atoms with Crippen molar-refractivity contribution >= 4 is 11.6 Å². The smallest absolute Gasteiger partial charge is 0.248 e. The minimum Gasteiger partial charge on any atom is -0.495 e. The first-order valence-corrected chi connectivity index (χ1v) is 11.0. The quantitative estimate of drug-likeness (QED) is 0.651. The van der Waals surface area contributed by atoms with Gasteiger partial charge in [-0.05, 0) is 62.2 Å². The molecule has 0 bridgehead atoms. The summed E-state index contributed by atoms with van der Waals surface area (Å²) in [6, 6.07) is 18.4. The summed E-state index contributed by atoms with van der Waals surface area (Å²) in [5.41, 5.74) is 1.72. The molecule has 3 saturated heterocycles. The Bertz CT molecular complexity index is 1130. The van der Waals surface area contributed by atoms with Gasteiger partial charge in [0.2, 0.25) is 5.91 Å². The van der Waals surface area contributed by atoms with E-state index in [1.807, 2.05) is 53.6 Å². The second-order valence-electron chi connectivity index (χ2n) is 8.75. The first kappa shape index (κ1) is 18.6. The summed E-state index contributed by atoms with van der Waals surface area (Å²) in [4.78, 5) is 22.9. The van der Waals surface area contributed by atoms with Crippen molar-refractivity contribution in [1.82, 2.24) is 14.5 Å². The minimum absolute atomic E-state index is 0.230. The summed E-state index contributed by atoms with van der Waals surface area (Å²) >= 11 is 0. The van der Waals surface area contributed by atoms with E-state index in [0.29, 0.717) is 5.92 Å². The van der Waals surface area contributed by atoms with E-state index in [1.54, 1.807) is 7.11 Å². The highest BCUT2D eigenvalue weighted by molar-refractivity contribution is 6.04. The zero-order chi connectivity index (χ0) is 21.0. The number of hydrogen-bond acceptors (Lipinski definition) is 4. The van der Waals surface area contributed by atoms with Gasteiger partial charge in [-0.1, -0.05) is 18.2 Å². The van der Waals surface area contributed by atoms with Gasteiger partial charge in [0.25, 0.3) is 0 Å². The van der Waals surface area contributed by atoms with Crippen LogP contribution in [0.3, 0.4) is 0 Å². The van der Waals surface area contributed by atoms with Crippen LogP contribution in [-0.2, 0) is 4.79 Å². The average molecular weight is 415 g/mol. The topological polar surface area (TPSA) is 50.6 Å². The molecule has 1 amide bonds. The number of ether oxygens (including phenoxy) is 1. The number of pyridine rings is 1. The fourth-order valence-corrected chi connectivity index (χ4v) is 6.20. The molecule has 5 heterocycles. The van der Waals surface area contributed by atoms with Gasteiger partial charge in [-0.3, -0.25) is 9.69 Å². The van der Waals surface area contributed by atoms with Crippen LogP contribution in [0.25, 0.3) is 5.82 Å². The minimum atomic E-state index is -0.398. The average Bonchev–Trinajstić information content (AvgIpc) is 3.57. The zero-order valence-corrected chi connectivity index (χ0v) is 17.6. The number of amides is 1. The molecule has 0 unspecified atom stereocenters. The predicted octanol–water partition coefficient (Wildman–Crippen LogP) is 3.82. The predicted molar refractivity (Wildman–Crippen MR) is 118 cm³/mol. The molecule has 0 saturated carbocycles. The molecule has 2 aromatic heterocycles. The molecule has 3 aromatic rings. The monoisotopic (exact) mass is 414 g/mol. The second kappa shape index (κ2) is 6.95. The lowest BCUT2D eigenvalue weighted by Gasteiger charge is -2.34. The number of nitrogens with zero attached hydrogens (tertiary/aromatic N) is 4. The van der Waals surface area contributed by atoms with Gasteiger partial charge in [-0.25, -0.2) is 4.98 Å². The molecule has 1 aromatic carbocycles. The maximum atomic E-state index is 13.9. The number of hydrogen-bond donors (Lipinski definition) is 0. The van der Waals surface area contributed by atoms with E-state index in [-0.39, 0.29) is 11.9 Å². The highest BCUT2D eigenvalue weighted by Gasteiger charge is 2.65. The van der Waals surface area contributed by atoms with Crippen LogP contribution in [0, 0.1) is 5.92 Å². The van der Waals surface area contributed by atoms with Crippen molar-refractivity contribution in [3.05, 3.63) is 72.7 Å². The number of rotatable bonds is 4. The summed E-state index contributed by atoms with van der Waals surface area (Å²) in [5, 5.41) is 0. The largest absolute Gasteiger partial charge is 0.495 e. The van der Waals surface area contributed by atoms with E-state index in [4.69, 9.17) is 4.74 Å². The summed E-state index contributed by atoms with van der Waals surface area (Å²) in [5.74, 6) is 2.23. The van der Waals surface area contributed by atoms with Gasteiger partial charge < -0.3 is 14.2 Å². The summed E-state index contributed by atoms with van der Waals surface area (Å²) < 4.78 is 7.74. The van der Waals surface area contributed by atoms with Gasteiger partial charge in [-0.2, -0.15) is 0 Å². The molecule has 3 aliphatic rings. The van der Waals surface area contributed by atoms with Crippen LogP contribution in [0.1, 0.15) is 31.0 Å². The number of para-hydroxylation sites is 2. The number of methoxy groups -OCH3 is 1. The Labute approximate surface area is 182 Å². The van der Waals surface area contributed by atoms with Crippen LogP contribution in [0.4, 0.5) is 5.69 Å². The van der Waals surface area contributed by atoms with Crippen LogP contribution in [0.2, 0.25) is 0 Å². The number of carbonyl (C=O) groups excluding carboxylic acids is 1. The van der Waals surface area contributed by atoms with Crippen molar-refractivity contribution in [2.75, 3.05) is 25.1 Å². The van der Waals surface area contributed by atoms with Gasteiger partial charge >= 0.3 is 0 Å². The molecule has 6 nitrogen and oxygen atoms in total. The summed E-state index contributed by atoms with van der Waals surface area (Å²) in [7, 11) is 1.67. The standard InChI is InChI=1S/C25H26N4O2/c1-31-22-10-3-2-8-20(22)28-17-18-16-21(29-15-7-12-25(18,29)24(28)30)19-9-6-14-27(19)23-11-4-5-13-26-23/h2-6,8-11,13-14,18,21H,7,12,15-17H2,1H3/t18-,21-,25-/m0/s1. The van der Waals surface area contributed by atoms with Gasteiger partial charge in [0.15, 0.2) is 0 Å². The Morgan fingerprint density at radius 3 is 2.81 bits per heavy atom. The summed E-state index contributed by atoms with van der Waals surface area (Å²) in [6.07, 6.45) is 6.88. The molecule has 31 heavy (non-hydrogen) atoms. The highest BCUT2D eigenvalue weighted by Crippen LogP contribution is 2.57. The molecule has 3 atom stereocenters. The normalized spacial score (nSPS) is 27.5. The first-order chi connectivity index (χ1) is 15.2. The van der Waals surface area contributed by atoms with Crippen LogP contribution in [-0.4, -0.2) is 46.1 Å². The summed E-state index contributed by atoms with van der Waals surface area (Å²) in [6.45, 7) is 1.70. The van der Waals surface area contributed by atoms with Crippen LogP contribution < -0.4 is 9.64 Å². The Morgan fingerprint density at radius 1 is 1.10 bits per heavy atom. The van der Waals surface area contributed by atoms with Crippen LogP contribution >= 0.6 is 0 Å². The fourth-order valence-electron chi connectivity index (χ4n) is 6.20. The van der Waals surface area contributed by atoms with Gasteiger partial charge in [-0.15, -0.1) is 0 Å². The highest BCUT2D eigenvalue weighted by atomic mass is 16.5. The molecule has 3 aliphatic heterocycles. The Hall–Kier alpha value is -3.12. The second-order valence-corrected chi connectivity index (χ2v) is 8.75. The van der Waals surface area contributed by atoms with Crippen molar-refractivity contribution < 1.29 is 9.53 Å². The number of anilines is 1. The van der Waals surface area contributed by atoms with Crippen molar-refractivity contribution in [3.63, 3.8) is 0 Å². The molecule has 6 heteroatoms. The number of aromatic nitrogens is 2. The van der Waals surface area contributed by atoms with E-state index in [0.717, 1.165) is 49.6 Å². The van der Waals surface area contributed by atoms with Crippen molar-refractivity contribution in [2.45, 2.75) is 30.8 Å². The van der Waals surface area contributed by atoms with E-state index >= 15 is 0 Å². The fraction of sp³-hybridized carbons (Fsp3) is 0.360. The van der Waals surface area contributed by atoms with Crippen LogP contribution in [0.5, 0.6) is 5.75 Å². The SMILES string of the molecule is COc1ccccc1N1C[C@@H]2C[C@@H](c3cccn3-c3ccccn3)N3CCC[C@@]23C1=O. The molecule has 158 valence electrons. The van der Waals surface area contributed by atoms with E-state index in [2.05, 4.69) is 32.8 Å². The number of carbonyl (C=O) groups is 1. The first-order valence-electron chi connectivity index (χ1n) is 11.0. The Kier molecular flexibility index (Phi) is 4.18. The Morgan fingerprint density at radius 2 is 1.97 bits per heavy atom. The molecule has 0 aliphatic carbocycles. The third-order valence-electron chi connectivity index (χ3n) is 7.44. The molecule has 0 N–H and O–H groups in total. The van der Waals surface area contributed by atoms with E-state index in [9.17, 15) is 4.79 Å². The molecular formula is C25H26N4O2. The number of benzene rings is 1. The lowest BCUT2D eigenvalue weighted by Crippen LogP contribution is -2.50. The zero-order valence-electron chi connectivity index (χ0n) is 17.6. The maximum absolute atomic E-state index is 13.9. The van der Waals surface area contributed by atoms with Crippen LogP contribution in [0.15, 0.2) is 67.0 Å². The van der Waals surface area contributed by atoms with Crippen molar-refractivity contribution in [2.24, 2.45) is 5.92 Å². The third-order valence-corrected chi connectivity index (χ3v) is 7.44. The Balaban J connectivity index is 1.37. The molecular weight excluding hydrogens is 388 g/mol. The molecule has 6 rings (SSSR count). The van der Waals surface area contributed by atoms with Gasteiger partial charge in [0.1, 0.15) is 17.1 Å². The van der Waals surface area contributed by atoms with Crippen molar-refractivity contribution in [1.29, 1.82) is 0 Å². The molecule has 0 radical (unpaired) electrons. The molecule has 1 spiro atoms. The lowest BCUT2D eigenvalue weighted by molar-refractivity contribution is -0.126. The van der Waals surface area contributed by atoms with Gasteiger partial charge in [0, 0.05) is 30.6 Å². The van der Waals surface area contributed by atoms with E-state index in [1.165, 1.54) is 5.69 Å². The third kappa shape index (κ3) is 2.54. The van der Waals surface area contributed by atoms with Gasteiger partial charge in [0.05, 0.1) is 18.8 Å². The van der Waals surface area contributed by atoms with Crippen molar-refractivity contribution in [3.8, 4) is 11.6 Å². The maximum Gasteiger partial charge on any atom is 0.248 e. The lowest BCUT2D eigenvalue weighted by atomic mass is 9.85. The molecule has 3 fully saturated rings.